The van der Waals surface area contributed by atoms with E-state index in [0.717, 1.165) is 0 Å². The molecule has 6 nitrogen and oxygen atoms in total. The molecule has 0 saturated carbocycles. The van der Waals surface area contributed by atoms with Crippen molar-refractivity contribution in [2.75, 3.05) is 10.6 Å². The summed E-state index contributed by atoms with van der Waals surface area (Å²) in [6.45, 7) is 0. The third-order valence-corrected chi connectivity index (χ3v) is 2.95. The fraction of sp³-hybridized carbons (Fsp3) is 0. The number of hydrogen-bond acceptors (Lipinski definition) is 6. The number of nitriles is 1. The second-order valence-electron chi connectivity index (χ2n) is 4.58. The summed E-state index contributed by atoms with van der Waals surface area (Å²) >= 11 is 0. The molecule has 1 heterocycles. The molecular formula is C16H11FN6. The van der Waals surface area contributed by atoms with Crippen LogP contribution in [0.25, 0.3) is 0 Å². The summed E-state index contributed by atoms with van der Waals surface area (Å²) in [5.41, 5.74) is 1.60. The number of hydrogen-bond donors (Lipinski definition) is 2. The third kappa shape index (κ3) is 3.57. The zero-order valence-corrected chi connectivity index (χ0v) is 11.9. The molecule has 0 aliphatic carbocycles. The standard InChI is InChI=1S/C16H11FN6/c17-12-5-3-6-13(8-12)20-15-10-19-23-16(22-15)21-14-7-2-1-4-11(14)9-18/h1-8,10H,(H2,20,21,22,23). The minimum atomic E-state index is -0.349. The van der Waals surface area contributed by atoms with E-state index in [4.69, 9.17) is 5.26 Å². The van der Waals surface area contributed by atoms with E-state index in [-0.39, 0.29) is 11.8 Å². The highest BCUT2D eigenvalue weighted by Gasteiger charge is 2.05. The number of rotatable bonds is 4. The first-order valence-corrected chi connectivity index (χ1v) is 6.73. The van der Waals surface area contributed by atoms with Crippen LogP contribution in [0.4, 0.5) is 27.5 Å². The SMILES string of the molecule is N#Cc1ccccc1Nc1nncc(Nc2cccc(F)c2)n1. The lowest BCUT2D eigenvalue weighted by Crippen LogP contribution is -2.03. The van der Waals surface area contributed by atoms with Crippen LogP contribution in [0.3, 0.4) is 0 Å². The zero-order chi connectivity index (χ0) is 16.1. The lowest BCUT2D eigenvalue weighted by Gasteiger charge is -2.08. The summed E-state index contributed by atoms with van der Waals surface area (Å²) in [6, 6.07) is 15.1. The number of nitrogens with zero attached hydrogens (tertiary/aromatic N) is 4. The van der Waals surface area contributed by atoms with Gasteiger partial charge in [-0.2, -0.15) is 15.3 Å². The molecule has 23 heavy (non-hydrogen) atoms. The molecule has 112 valence electrons. The van der Waals surface area contributed by atoms with Gasteiger partial charge in [-0.25, -0.2) is 4.39 Å². The molecule has 1 aromatic heterocycles. The van der Waals surface area contributed by atoms with Gasteiger partial charge in [-0.15, -0.1) is 5.10 Å². The Morgan fingerprint density at radius 1 is 1.04 bits per heavy atom. The molecule has 7 heteroatoms. The van der Waals surface area contributed by atoms with Gasteiger partial charge in [-0.3, -0.25) is 0 Å². The van der Waals surface area contributed by atoms with Crippen molar-refractivity contribution >= 4 is 23.1 Å². The minimum absolute atomic E-state index is 0.231. The van der Waals surface area contributed by atoms with Gasteiger partial charge in [0.25, 0.3) is 0 Å². The normalized spacial score (nSPS) is 9.91. The Kier molecular flexibility index (Phi) is 4.07. The molecular weight excluding hydrogens is 295 g/mol. The molecule has 0 radical (unpaired) electrons. The van der Waals surface area contributed by atoms with Gasteiger partial charge in [0.05, 0.1) is 17.4 Å². The summed E-state index contributed by atoms with van der Waals surface area (Å²) in [6.07, 6.45) is 1.42. The predicted octanol–water partition coefficient (Wildman–Crippen LogP) is 3.37. The van der Waals surface area contributed by atoms with Crippen LogP contribution in [0, 0.1) is 17.1 Å². The molecule has 0 atom stereocenters. The van der Waals surface area contributed by atoms with Crippen molar-refractivity contribution < 1.29 is 4.39 Å². The molecule has 0 aliphatic heterocycles. The first-order chi connectivity index (χ1) is 11.2. The van der Waals surface area contributed by atoms with Crippen LogP contribution in [-0.2, 0) is 0 Å². The Bertz CT molecular complexity index is 874. The van der Waals surface area contributed by atoms with Crippen LogP contribution in [0.2, 0.25) is 0 Å². The number of aromatic nitrogens is 3. The van der Waals surface area contributed by atoms with E-state index >= 15 is 0 Å². The van der Waals surface area contributed by atoms with Crippen molar-refractivity contribution in [1.82, 2.24) is 15.2 Å². The molecule has 3 aromatic rings. The van der Waals surface area contributed by atoms with Crippen LogP contribution < -0.4 is 10.6 Å². The third-order valence-electron chi connectivity index (χ3n) is 2.95. The van der Waals surface area contributed by atoms with Crippen LogP contribution >= 0.6 is 0 Å². The van der Waals surface area contributed by atoms with Gasteiger partial charge in [0, 0.05) is 5.69 Å². The molecule has 0 aliphatic rings. The van der Waals surface area contributed by atoms with Crippen LogP contribution in [0.1, 0.15) is 5.56 Å². The maximum atomic E-state index is 13.2. The number of halogens is 1. The van der Waals surface area contributed by atoms with Crippen molar-refractivity contribution in [2.24, 2.45) is 0 Å². The number of benzene rings is 2. The van der Waals surface area contributed by atoms with Gasteiger partial charge >= 0.3 is 0 Å². The maximum Gasteiger partial charge on any atom is 0.249 e. The van der Waals surface area contributed by atoms with E-state index in [1.807, 2.05) is 0 Å². The van der Waals surface area contributed by atoms with Crippen molar-refractivity contribution in [3.8, 4) is 6.07 Å². The highest BCUT2D eigenvalue weighted by molar-refractivity contribution is 5.63. The highest BCUT2D eigenvalue weighted by Crippen LogP contribution is 2.19. The Morgan fingerprint density at radius 3 is 2.74 bits per heavy atom. The Labute approximate surface area is 131 Å². The minimum Gasteiger partial charge on any atom is -0.339 e. The molecule has 3 rings (SSSR count). The van der Waals surface area contributed by atoms with Gasteiger partial charge in [-0.05, 0) is 30.3 Å². The van der Waals surface area contributed by atoms with E-state index < -0.39 is 0 Å². The van der Waals surface area contributed by atoms with Crippen LogP contribution in [0.15, 0.2) is 54.7 Å². The lowest BCUT2D eigenvalue weighted by atomic mass is 10.2. The van der Waals surface area contributed by atoms with Gasteiger partial charge in [0.1, 0.15) is 11.9 Å². The van der Waals surface area contributed by atoms with E-state index in [2.05, 4.69) is 31.9 Å². The largest absolute Gasteiger partial charge is 0.339 e. The van der Waals surface area contributed by atoms with Crippen molar-refractivity contribution in [3.05, 3.63) is 66.1 Å². The van der Waals surface area contributed by atoms with E-state index in [9.17, 15) is 4.39 Å². The monoisotopic (exact) mass is 306 g/mol. The van der Waals surface area contributed by atoms with Crippen LogP contribution in [-0.4, -0.2) is 15.2 Å². The summed E-state index contributed by atoms with van der Waals surface area (Å²) in [4.78, 5) is 4.24. The summed E-state index contributed by atoms with van der Waals surface area (Å²) < 4.78 is 13.2. The first-order valence-electron chi connectivity index (χ1n) is 6.73. The molecule has 0 spiro atoms. The summed E-state index contributed by atoms with van der Waals surface area (Å²) in [5.74, 6) is 0.287. The highest BCUT2D eigenvalue weighted by atomic mass is 19.1. The van der Waals surface area contributed by atoms with Gasteiger partial charge in [-0.1, -0.05) is 18.2 Å². The summed E-state index contributed by atoms with van der Waals surface area (Å²) in [7, 11) is 0. The predicted molar refractivity (Wildman–Crippen MR) is 83.9 cm³/mol. The molecule has 0 unspecified atom stereocenters. The van der Waals surface area contributed by atoms with Crippen molar-refractivity contribution in [2.45, 2.75) is 0 Å². The van der Waals surface area contributed by atoms with E-state index in [1.54, 1.807) is 36.4 Å². The second kappa shape index (κ2) is 6.49. The van der Waals surface area contributed by atoms with Crippen LogP contribution in [0.5, 0.6) is 0 Å². The number of para-hydroxylation sites is 1. The molecule has 0 saturated heterocycles. The average molecular weight is 306 g/mol. The number of anilines is 4. The molecule has 2 aromatic carbocycles. The fourth-order valence-corrected chi connectivity index (χ4v) is 1.94. The molecule has 0 amide bonds. The molecule has 0 bridgehead atoms. The van der Waals surface area contributed by atoms with Gasteiger partial charge in [0.15, 0.2) is 5.82 Å². The molecule has 2 N–H and O–H groups in total. The van der Waals surface area contributed by atoms with Crippen molar-refractivity contribution in [3.63, 3.8) is 0 Å². The quantitative estimate of drug-likeness (QED) is 0.768. The topological polar surface area (TPSA) is 86.5 Å². The maximum absolute atomic E-state index is 13.2. The smallest absolute Gasteiger partial charge is 0.249 e. The van der Waals surface area contributed by atoms with Crippen molar-refractivity contribution in [1.29, 1.82) is 5.26 Å². The second-order valence-corrected chi connectivity index (χ2v) is 4.58. The lowest BCUT2D eigenvalue weighted by molar-refractivity contribution is 0.628. The van der Waals surface area contributed by atoms with Gasteiger partial charge in [0.2, 0.25) is 5.95 Å². The number of nitrogens with one attached hydrogen (secondary N) is 2. The Hall–Kier alpha value is -3.53. The average Bonchev–Trinajstić information content (AvgIpc) is 2.56. The van der Waals surface area contributed by atoms with Gasteiger partial charge < -0.3 is 10.6 Å². The zero-order valence-electron chi connectivity index (χ0n) is 11.9. The Morgan fingerprint density at radius 2 is 1.91 bits per heavy atom. The fourth-order valence-electron chi connectivity index (χ4n) is 1.94. The Balaban J connectivity index is 1.81. The molecule has 0 fully saturated rings. The van der Waals surface area contributed by atoms with E-state index in [0.29, 0.717) is 22.8 Å². The van der Waals surface area contributed by atoms with E-state index in [1.165, 1.54) is 18.3 Å². The summed E-state index contributed by atoms with van der Waals surface area (Å²) in [5, 5.41) is 22.7. The first kappa shape index (κ1) is 14.4.